The molecular formula is C24H21N3O3. The fraction of sp³-hybridized carbons (Fsp3) is 0.208. The van der Waals surface area contributed by atoms with Crippen LogP contribution < -0.4 is 16.6 Å². The van der Waals surface area contributed by atoms with E-state index in [4.69, 9.17) is 0 Å². The zero-order valence-electron chi connectivity index (χ0n) is 16.6. The van der Waals surface area contributed by atoms with Crippen LogP contribution in [0.2, 0.25) is 0 Å². The molecule has 0 amide bonds. The lowest BCUT2D eigenvalue weighted by Gasteiger charge is -2.34. The SMILES string of the molecule is Cc1ccccc1C1C2=C(CCCC2=O)Nc2c1c(=O)[nH]c(=O)n2-c1ccccc1. The molecule has 1 atom stereocenters. The van der Waals surface area contributed by atoms with Crippen molar-refractivity contribution in [2.75, 3.05) is 5.32 Å². The van der Waals surface area contributed by atoms with Gasteiger partial charge in [0.05, 0.1) is 11.3 Å². The summed E-state index contributed by atoms with van der Waals surface area (Å²) in [7, 11) is 0. The number of ketones is 1. The van der Waals surface area contributed by atoms with Crippen LogP contribution in [0.15, 0.2) is 75.5 Å². The predicted molar refractivity (Wildman–Crippen MR) is 115 cm³/mol. The molecule has 2 aromatic carbocycles. The molecule has 0 spiro atoms. The summed E-state index contributed by atoms with van der Waals surface area (Å²) in [5.74, 6) is -0.0132. The van der Waals surface area contributed by atoms with Gasteiger partial charge in [-0.05, 0) is 43.0 Å². The molecule has 0 saturated carbocycles. The van der Waals surface area contributed by atoms with E-state index in [0.29, 0.717) is 35.5 Å². The smallest absolute Gasteiger partial charge is 0.334 e. The largest absolute Gasteiger partial charge is 0.344 e. The van der Waals surface area contributed by atoms with E-state index >= 15 is 0 Å². The first kappa shape index (κ1) is 18.4. The Kier molecular flexibility index (Phi) is 4.28. The number of carbonyl (C=O) groups is 1. The van der Waals surface area contributed by atoms with Crippen molar-refractivity contribution in [3.63, 3.8) is 0 Å². The van der Waals surface area contributed by atoms with Crippen LogP contribution in [0, 0.1) is 6.92 Å². The summed E-state index contributed by atoms with van der Waals surface area (Å²) in [5.41, 5.74) is 3.44. The molecule has 2 heterocycles. The Morgan fingerprint density at radius 2 is 1.67 bits per heavy atom. The van der Waals surface area contributed by atoms with Gasteiger partial charge in [-0.1, -0.05) is 42.5 Å². The van der Waals surface area contributed by atoms with Crippen LogP contribution in [0.4, 0.5) is 5.82 Å². The van der Waals surface area contributed by atoms with Crippen molar-refractivity contribution in [1.82, 2.24) is 9.55 Å². The van der Waals surface area contributed by atoms with Crippen molar-refractivity contribution in [2.24, 2.45) is 0 Å². The van der Waals surface area contributed by atoms with Crippen molar-refractivity contribution in [1.29, 1.82) is 0 Å². The van der Waals surface area contributed by atoms with E-state index < -0.39 is 17.2 Å². The van der Waals surface area contributed by atoms with E-state index in [9.17, 15) is 14.4 Å². The molecule has 6 nitrogen and oxygen atoms in total. The molecule has 1 unspecified atom stereocenters. The number of aromatic amines is 1. The van der Waals surface area contributed by atoms with E-state index in [1.165, 1.54) is 4.57 Å². The number of nitrogens with one attached hydrogen (secondary N) is 2. The van der Waals surface area contributed by atoms with Gasteiger partial charge in [0.2, 0.25) is 0 Å². The third kappa shape index (κ3) is 2.76. The highest BCUT2D eigenvalue weighted by atomic mass is 16.2. The average molecular weight is 399 g/mol. The third-order valence-corrected chi connectivity index (χ3v) is 5.96. The lowest BCUT2D eigenvalue weighted by atomic mass is 9.75. The average Bonchev–Trinajstić information content (AvgIpc) is 2.74. The van der Waals surface area contributed by atoms with Crippen LogP contribution in [0.3, 0.4) is 0 Å². The molecule has 1 aliphatic heterocycles. The first-order chi connectivity index (χ1) is 14.6. The van der Waals surface area contributed by atoms with Gasteiger partial charge < -0.3 is 5.32 Å². The van der Waals surface area contributed by atoms with Crippen LogP contribution in [0.5, 0.6) is 0 Å². The van der Waals surface area contributed by atoms with Gasteiger partial charge in [0.15, 0.2) is 5.78 Å². The predicted octanol–water partition coefficient (Wildman–Crippen LogP) is 3.40. The number of hydrogen-bond donors (Lipinski definition) is 2. The highest BCUT2D eigenvalue weighted by Crippen LogP contribution is 2.44. The number of carbonyl (C=O) groups excluding carboxylic acids is 1. The Morgan fingerprint density at radius 3 is 2.43 bits per heavy atom. The van der Waals surface area contributed by atoms with Crippen LogP contribution in [0.25, 0.3) is 5.69 Å². The van der Waals surface area contributed by atoms with E-state index in [0.717, 1.165) is 23.2 Å². The lowest BCUT2D eigenvalue weighted by molar-refractivity contribution is -0.116. The molecule has 5 rings (SSSR count). The molecule has 0 radical (unpaired) electrons. The topological polar surface area (TPSA) is 84.0 Å². The number of Topliss-reactive ketones (excluding diaryl/α,β-unsaturated/α-hetero) is 1. The normalized spacial score (nSPS) is 17.9. The standard InChI is InChI=1S/C24H21N3O3/c1-14-8-5-6-11-16(14)19-20-17(12-7-13-18(20)28)25-22-21(19)23(29)26-24(30)27(22)15-9-3-2-4-10-15/h2-6,8-11,19,25H,7,12-13H2,1H3,(H,26,29,30). The first-order valence-corrected chi connectivity index (χ1v) is 10.1. The Bertz CT molecular complexity index is 1320. The van der Waals surface area contributed by atoms with E-state index in [1.807, 2.05) is 61.5 Å². The maximum Gasteiger partial charge on any atom is 0.334 e. The van der Waals surface area contributed by atoms with Gasteiger partial charge in [-0.2, -0.15) is 0 Å². The maximum absolute atomic E-state index is 13.1. The molecule has 0 fully saturated rings. The molecule has 3 aromatic rings. The third-order valence-electron chi connectivity index (χ3n) is 5.96. The summed E-state index contributed by atoms with van der Waals surface area (Å²) >= 11 is 0. The number of nitrogens with zero attached hydrogens (tertiary/aromatic N) is 1. The molecule has 0 saturated heterocycles. The Morgan fingerprint density at radius 1 is 0.933 bits per heavy atom. The van der Waals surface area contributed by atoms with E-state index in [2.05, 4.69) is 10.3 Å². The van der Waals surface area contributed by atoms with Crippen molar-refractivity contribution in [2.45, 2.75) is 32.1 Å². The monoisotopic (exact) mass is 399 g/mol. The minimum Gasteiger partial charge on any atom is -0.344 e. The molecule has 150 valence electrons. The van der Waals surface area contributed by atoms with Gasteiger partial charge >= 0.3 is 5.69 Å². The molecule has 30 heavy (non-hydrogen) atoms. The molecule has 1 aliphatic carbocycles. The number of hydrogen-bond acceptors (Lipinski definition) is 4. The Labute approximate surface area is 172 Å². The highest BCUT2D eigenvalue weighted by Gasteiger charge is 2.39. The van der Waals surface area contributed by atoms with Crippen molar-refractivity contribution < 1.29 is 4.79 Å². The van der Waals surface area contributed by atoms with Crippen molar-refractivity contribution in [3.8, 4) is 5.69 Å². The molecule has 0 bridgehead atoms. The van der Waals surface area contributed by atoms with Gasteiger partial charge in [0.25, 0.3) is 5.56 Å². The Hall–Kier alpha value is -3.67. The molecule has 2 N–H and O–H groups in total. The molecular weight excluding hydrogens is 378 g/mol. The van der Waals surface area contributed by atoms with Gasteiger partial charge in [0, 0.05) is 23.6 Å². The minimum absolute atomic E-state index is 0.0551. The van der Waals surface area contributed by atoms with Crippen LogP contribution in [-0.2, 0) is 4.79 Å². The number of aromatic nitrogens is 2. The van der Waals surface area contributed by atoms with Gasteiger partial charge in [-0.3, -0.25) is 14.6 Å². The fourth-order valence-electron chi connectivity index (χ4n) is 4.60. The number of rotatable bonds is 2. The first-order valence-electron chi connectivity index (χ1n) is 10.1. The zero-order chi connectivity index (χ0) is 20.8. The zero-order valence-corrected chi connectivity index (χ0v) is 16.6. The Balaban J connectivity index is 1.87. The van der Waals surface area contributed by atoms with Gasteiger partial charge in [-0.25, -0.2) is 9.36 Å². The number of fused-ring (bicyclic) bond motifs is 1. The number of para-hydroxylation sites is 1. The number of H-pyrrole nitrogens is 1. The second-order valence-corrected chi connectivity index (χ2v) is 7.78. The quantitative estimate of drug-likeness (QED) is 0.692. The van der Waals surface area contributed by atoms with E-state index in [-0.39, 0.29) is 5.78 Å². The van der Waals surface area contributed by atoms with Crippen LogP contribution in [0.1, 0.15) is 41.9 Å². The lowest BCUT2D eigenvalue weighted by Crippen LogP contribution is -2.39. The number of aryl methyl sites for hydroxylation is 1. The number of allylic oxidation sites excluding steroid dienone is 2. The second kappa shape index (κ2) is 6.99. The van der Waals surface area contributed by atoms with Gasteiger partial charge in [0.1, 0.15) is 5.82 Å². The van der Waals surface area contributed by atoms with Gasteiger partial charge in [-0.15, -0.1) is 0 Å². The van der Waals surface area contributed by atoms with Crippen LogP contribution >= 0.6 is 0 Å². The molecule has 1 aromatic heterocycles. The highest BCUT2D eigenvalue weighted by molar-refractivity contribution is 6.01. The molecule has 2 aliphatic rings. The summed E-state index contributed by atoms with van der Waals surface area (Å²) in [5, 5.41) is 3.30. The number of anilines is 1. The van der Waals surface area contributed by atoms with Crippen LogP contribution in [-0.4, -0.2) is 15.3 Å². The fourth-order valence-corrected chi connectivity index (χ4v) is 4.60. The minimum atomic E-state index is -0.510. The summed E-state index contributed by atoms with van der Waals surface area (Å²) in [6, 6.07) is 17.0. The second-order valence-electron chi connectivity index (χ2n) is 7.78. The number of benzene rings is 2. The molecule has 6 heteroatoms. The van der Waals surface area contributed by atoms with E-state index in [1.54, 1.807) is 0 Å². The summed E-state index contributed by atoms with van der Waals surface area (Å²) in [6.07, 6.45) is 1.92. The van der Waals surface area contributed by atoms with Crippen molar-refractivity contribution in [3.05, 3.63) is 103 Å². The summed E-state index contributed by atoms with van der Waals surface area (Å²) in [6.45, 7) is 1.98. The van der Waals surface area contributed by atoms with Crippen molar-refractivity contribution >= 4 is 11.6 Å². The summed E-state index contributed by atoms with van der Waals surface area (Å²) in [4.78, 5) is 41.4. The maximum atomic E-state index is 13.1. The summed E-state index contributed by atoms with van der Waals surface area (Å²) < 4.78 is 1.49.